The maximum atomic E-state index is 12.9. The highest BCUT2D eigenvalue weighted by Gasteiger charge is 2.28. The third-order valence-electron chi connectivity index (χ3n) is 4.36. The third-order valence-corrected chi connectivity index (χ3v) is 4.36. The molecule has 0 saturated carbocycles. The van der Waals surface area contributed by atoms with Crippen LogP contribution in [0.15, 0.2) is 54.6 Å². The minimum atomic E-state index is -0.355. The maximum Gasteiger partial charge on any atom is 0.260 e. The van der Waals surface area contributed by atoms with Gasteiger partial charge in [-0.1, -0.05) is 18.2 Å². The average Bonchev–Trinajstić information content (AvgIpc) is 2.68. The third kappa shape index (κ3) is 4.81. The van der Waals surface area contributed by atoms with Crippen molar-refractivity contribution >= 4 is 17.5 Å². The Morgan fingerprint density at radius 3 is 2.58 bits per heavy atom. The van der Waals surface area contributed by atoms with Crippen molar-refractivity contribution in [2.45, 2.75) is 12.8 Å². The van der Waals surface area contributed by atoms with Crippen molar-refractivity contribution in [3.63, 3.8) is 0 Å². The summed E-state index contributed by atoms with van der Waals surface area (Å²) in [5, 5.41) is 2.89. The lowest BCUT2D eigenvalue weighted by molar-refractivity contribution is -0.136. The van der Waals surface area contributed by atoms with Crippen molar-refractivity contribution in [2.75, 3.05) is 25.0 Å². The van der Waals surface area contributed by atoms with Gasteiger partial charge in [0.25, 0.3) is 5.91 Å². The van der Waals surface area contributed by atoms with Crippen LogP contribution in [0.3, 0.4) is 0 Å². The Morgan fingerprint density at radius 1 is 1.12 bits per heavy atom. The largest absolute Gasteiger partial charge is 0.484 e. The van der Waals surface area contributed by atoms with Crippen LogP contribution in [-0.4, -0.2) is 36.4 Å². The van der Waals surface area contributed by atoms with Crippen LogP contribution in [0, 0.1) is 11.7 Å². The SMILES string of the molecule is O=C(Nc1ccccc1)C1CCCN(C(=O)COc2ccc(F)cc2)C1. The molecule has 2 amide bonds. The van der Waals surface area contributed by atoms with E-state index in [1.54, 1.807) is 4.90 Å². The molecule has 26 heavy (non-hydrogen) atoms. The number of amides is 2. The van der Waals surface area contributed by atoms with Gasteiger partial charge in [-0.05, 0) is 49.2 Å². The summed E-state index contributed by atoms with van der Waals surface area (Å²) in [5.41, 5.74) is 0.751. The highest BCUT2D eigenvalue weighted by Crippen LogP contribution is 2.19. The van der Waals surface area contributed by atoms with Gasteiger partial charge >= 0.3 is 0 Å². The molecule has 136 valence electrons. The van der Waals surface area contributed by atoms with Crippen LogP contribution in [0.25, 0.3) is 0 Å². The average molecular weight is 356 g/mol. The molecule has 3 rings (SSSR count). The smallest absolute Gasteiger partial charge is 0.260 e. The van der Waals surface area contributed by atoms with E-state index < -0.39 is 0 Å². The van der Waals surface area contributed by atoms with Crippen molar-refractivity contribution in [3.8, 4) is 5.75 Å². The highest BCUT2D eigenvalue weighted by molar-refractivity contribution is 5.93. The molecule has 1 atom stereocenters. The highest BCUT2D eigenvalue weighted by atomic mass is 19.1. The number of carbonyl (C=O) groups is 2. The molecule has 0 aromatic heterocycles. The van der Waals surface area contributed by atoms with Crippen molar-refractivity contribution in [1.29, 1.82) is 0 Å². The second kappa shape index (κ2) is 8.47. The van der Waals surface area contributed by atoms with Crippen molar-refractivity contribution in [2.24, 2.45) is 5.92 Å². The summed E-state index contributed by atoms with van der Waals surface area (Å²) in [6, 6.07) is 14.8. The molecule has 2 aromatic rings. The lowest BCUT2D eigenvalue weighted by Gasteiger charge is -2.32. The molecule has 1 unspecified atom stereocenters. The van der Waals surface area contributed by atoms with E-state index in [9.17, 15) is 14.0 Å². The van der Waals surface area contributed by atoms with E-state index in [0.29, 0.717) is 18.8 Å². The molecule has 1 aliphatic rings. The normalized spacial score (nSPS) is 16.8. The van der Waals surface area contributed by atoms with Crippen LogP contribution < -0.4 is 10.1 Å². The number of para-hydroxylation sites is 1. The van der Waals surface area contributed by atoms with Crippen molar-refractivity contribution in [1.82, 2.24) is 4.90 Å². The van der Waals surface area contributed by atoms with E-state index in [2.05, 4.69) is 5.32 Å². The minimum Gasteiger partial charge on any atom is -0.484 e. The summed E-state index contributed by atoms with van der Waals surface area (Å²) in [6.07, 6.45) is 1.52. The van der Waals surface area contributed by atoms with Gasteiger partial charge in [0, 0.05) is 18.8 Å². The topological polar surface area (TPSA) is 58.6 Å². The first-order valence-electron chi connectivity index (χ1n) is 8.64. The summed E-state index contributed by atoms with van der Waals surface area (Å²) < 4.78 is 18.3. The molecule has 2 aromatic carbocycles. The second-order valence-corrected chi connectivity index (χ2v) is 6.28. The lowest BCUT2D eigenvalue weighted by Crippen LogP contribution is -2.45. The number of halogens is 1. The van der Waals surface area contributed by atoms with Crippen LogP contribution in [0.1, 0.15) is 12.8 Å². The standard InChI is InChI=1S/C20H21FN2O3/c21-16-8-10-18(11-9-16)26-14-19(24)23-12-4-5-15(13-23)20(25)22-17-6-2-1-3-7-17/h1-3,6-11,15H,4-5,12-14H2,(H,22,25). The lowest BCUT2D eigenvalue weighted by atomic mass is 9.97. The van der Waals surface area contributed by atoms with Crippen LogP contribution in [0.4, 0.5) is 10.1 Å². The Morgan fingerprint density at radius 2 is 1.85 bits per heavy atom. The molecular weight excluding hydrogens is 335 g/mol. The zero-order valence-corrected chi connectivity index (χ0v) is 14.4. The first-order valence-corrected chi connectivity index (χ1v) is 8.64. The number of nitrogens with zero attached hydrogens (tertiary/aromatic N) is 1. The van der Waals surface area contributed by atoms with Crippen LogP contribution >= 0.6 is 0 Å². The van der Waals surface area contributed by atoms with Gasteiger partial charge < -0.3 is 15.0 Å². The number of piperidine rings is 1. The van der Waals surface area contributed by atoms with Crippen molar-refractivity contribution in [3.05, 3.63) is 60.4 Å². The van der Waals surface area contributed by atoms with Crippen LogP contribution in [0.5, 0.6) is 5.75 Å². The fraction of sp³-hybridized carbons (Fsp3) is 0.300. The molecule has 1 aliphatic heterocycles. The monoisotopic (exact) mass is 356 g/mol. The van der Waals surface area contributed by atoms with Gasteiger partial charge in [-0.3, -0.25) is 9.59 Å². The van der Waals surface area contributed by atoms with Gasteiger partial charge in [0.05, 0.1) is 5.92 Å². The zero-order valence-electron chi connectivity index (χ0n) is 14.4. The van der Waals surface area contributed by atoms with E-state index in [1.807, 2.05) is 30.3 Å². The Bertz CT molecular complexity index is 749. The zero-order chi connectivity index (χ0) is 18.4. The number of hydrogen-bond donors (Lipinski definition) is 1. The summed E-state index contributed by atoms with van der Waals surface area (Å²) >= 11 is 0. The van der Waals surface area contributed by atoms with Gasteiger partial charge in [0.1, 0.15) is 11.6 Å². The number of rotatable bonds is 5. The van der Waals surface area contributed by atoms with E-state index in [4.69, 9.17) is 4.74 Å². The van der Waals surface area contributed by atoms with Crippen LogP contribution in [0.2, 0.25) is 0 Å². The predicted octanol–water partition coefficient (Wildman–Crippen LogP) is 3.08. The molecule has 1 heterocycles. The van der Waals surface area contributed by atoms with Gasteiger partial charge in [0.2, 0.25) is 5.91 Å². The number of carbonyl (C=O) groups excluding carboxylic acids is 2. The molecule has 5 nitrogen and oxygen atoms in total. The first-order chi connectivity index (χ1) is 12.6. The molecule has 0 aliphatic carbocycles. The Hall–Kier alpha value is -2.89. The van der Waals surface area contributed by atoms with Gasteiger partial charge in [-0.25, -0.2) is 4.39 Å². The van der Waals surface area contributed by atoms with E-state index in [-0.39, 0.29) is 30.2 Å². The summed E-state index contributed by atoms with van der Waals surface area (Å²) in [4.78, 5) is 26.4. The Labute approximate surface area is 151 Å². The molecule has 6 heteroatoms. The van der Waals surface area contributed by atoms with Crippen LogP contribution in [-0.2, 0) is 9.59 Å². The summed E-state index contributed by atoms with van der Waals surface area (Å²) in [6.45, 7) is 0.865. The molecule has 0 bridgehead atoms. The first kappa shape index (κ1) is 17.9. The van der Waals surface area contributed by atoms with Gasteiger partial charge in [-0.15, -0.1) is 0 Å². The fourth-order valence-corrected chi connectivity index (χ4v) is 2.95. The molecular formula is C20H21FN2O3. The number of likely N-dealkylation sites (tertiary alicyclic amines) is 1. The fourth-order valence-electron chi connectivity index (χ4n) is 2.95. The number of hydrogen-bond acceptors (Lipinski definition) is 3. The number of ether oxygens (including phenoxy) is 1. The molecule has 0 radical (unpaired) electrons. The Kier molecular flexibility index (Phi) is 5.84. The minimum absolute atomic E-state index is 0.0758. The number of nitrogens with one attached hydrogen (secondary N) is 1. The quantitative estimate of drug-likeness (QED) is 0.896. The van der Waals surface area contributed by atoms with E-state index in [0.717, 1.165) is 18.5 Å². The molecule has 1 fully saturated rings. The Balaban J connectivity index is 1.51. The molecule has 0 spiro atoms. The summed E-state index contributed by atoms with van der Waals surface area (Å²) in [5.74, 6) is -0.402. The van der Waals surface area contributed by atoms with Crippen molar-refractivity contribution < 1.29 is 18.7 Å². The molecule has 1 N–H and O–H groups in total. The van der Waals surface area contributed by atoms with Gasteiger partial charge in [-0.2, -0.15) is 0 Å². The van der Waals surface area contributed by atoms with E-state index in [1.165, 1.54) is 24.3 Å². The summed E-state index contributed by atoms with van der Waals surface area (Å²) in [7, 11) is 0. The van der Waals surface area contributed by atoms with E-state index >= 15 is 0 Å². The van der Waals surface area contributed by atoms with Gasteiger partial charge in [0.15, 0.2) is 6.61 Å². The second-order valence-electron chi connectivity index (χ2n) is 6.28. The number of anilines is 1. The number of benzene rings is 2. The predicted molar refractivity (Wildman–Crippen MR) is 96.3 cm³/mol. The molecule has 1 saturated heterocycles. The maximum absolute atomic E-state index is 12.9.